The molecule has 144 valence electrons. The summed E-state index contributed by atoms with van der Waals surface area (Å²) in [5.41, 5.74) is 7.06. The van der Waals surface area contributed by atoms with Crippen molar-refractivity contribution < 1.29 is 9.53 Å². The zero-order valence-corrected chi connectivity index (χ0v) is 17.2. The number of carbonyl (C=O) groups excluding carboxylic acids is 1. The van der Waals surface area contributed by atoms with E-state index in [0.717, 1.165) is 5.56 Å². The molecule has 1 aromatic heterocycles. The molecule has 0 fully saturated rings. The predicted molar refractivity (Wildman–Crippen MR) is 110 cm³/mol. The Morgan fingerprint density at radius 2 is 1.92 bits per heavy atom. The standard InChI is InChI=1S/C17H19Cl2N3O2.2ClH/c1-11(15(20)12-5-3-2-4-6-12)16(23)21-7-8-24-17-14(19)9-13(18)10-22-17;;/h2-6,9-11,15H,7-8,20H2,1H3,(H,21,23);2*1H. The summed E-state index contributed by atoms with van der Waals surface area (Å²) in [6.07, 6.45) is 1.45. The number of nitrogens with zero attached hydrogens (tertiary/aromatic N) is 1. The highest BCUT2D eigenvalue weighted by Gasteiger charge is 2.21. The molecule has 0 bridgehead atoms. The summed E-state index contributed by atoms with van der Waals surface area (Å²) >= 11 is 11.7. The molecule has 26 heavy (non-hydrogen) atoms. The minimum atomic E-state index is -0.362. The van der Waals surface area contributed by atoms with Crippen LogP contribution >= 0.6 is 48.0 Å². The molecule has 0 saturated carbocycles. The van der Waals surface area contributed by atoms with E-state index in [0.29, 0.717) is 16.6 Å². The van der Waals surface area contributed by atoms with Crippen LogP contribution in [0.3, 0.4) is 0 Å². The first-order chi connectivity index (χ1) is 11.5. The van der Waals surface area contributed by atoms with Crippen molar-refractivity contribution >= 4 is 53.9 Å². The highest BCUT2D eigenvalue weighted by atomic mass is 35.5. The van der Waals surface area contributed by atoms with Gasteiger partial charge < -0.3 is 15.8 Å². The van der Waals surface area contributed by atoms with Crippen LogP contribution in [0.2, 0.25) is 10.0 Å². The summed E-state index contributed by atoms with van der Waals surface area (Å²) in [6.45, 7) is 2.37. The second-order valence-electron chi connectivity index (χ2n) is 5.31. The fraction of sp³-hybridized carbons (Fsp3) is 0.294. The van der Waals surface area contributed by atoms with Gasteiger partial charge in [0.25, 0.3) is 0 Å². The highest BCUT2D eigenvalue weighted by molar-refractivity contribution is 6.35. The molecule has 2 atom stereocenters. The summed E-state index contributed by atoms with van der Waals surface area (Å²) < 4.78 is 5.42. The molecule has 0 spiro atoms. The van der Waals surface area contributed by atoms with Crippen molar-refractivity contribution in [3.63, 3.8) is 0 Å². The summed E-state index contributed by atoms with van der Waals surface area (Å²) in [5.74, 6) is -0.209. The lowest BCUT2D eigenvalue weighted by Gasteiger charge is -2.19. The predicted octanol–water partition coefficient (Wildman–Crippen LogP) is 4.06. The SMILES string of the molecule is CC(C(=O)NCCOc1ncc(Cl)cc1Cl)C(N)c1ccccc1.Cl.Cl. The number of hydrogen-bond acceptors (Lipinski definition) is 4. The van der Waals surface area contributed by atoms with E-state index in [9.17, 15) is 4.79 Å². The van der Waals surface area contributed by atoms with Crippen LogP contribution in [0.1, 0.15) is 18.5 Å². The molecule has 0 aliphatic rings. The van der Waals surface area contributed by atoms with Gasteiger partial charge in [-0.25, -0.2) is 4.98 Å². The van der Waals surface area contributed by atoms with E-state index in [4.69, 9.17) is 33.7 Å². The molecule has 5 nitrogen and oxygen atoms in total. The minimum Gasteiger partial charge on any atom is -0.475 e. The number of amides is 1. The van der Waals surface area contributed by atoms with E-state index in [1.807, 2.05) is 30.3 Å². The van der Waals surface area contributed by atoms with Gasteiger partial charge in [0.1, 0.15) is 11.6 Å². The number of halogens is 4. The Hall–Kier alpha value is -1.24. The molecule has 2 unspecified atom stereocenters. The smallest absolute Gasteiger partial charge is 0.232 e. The van der Waals surface area contributed by atoms with Gasteiger partial charge >= 0.3 is 0 Å². The van der Waals surface area contributed by atoms with E-state index in [1.54, 1.807) is 13.0 Å². The largest absolute Gasteiger partial charge is 0.475 e. The van der Waals surface area contributed by atoms with Gasteiger partial charge in [0.2, 0.25) is 11.8 Å². The van der Waals surface area contributed by atoms with Crippen LogP contribution in [0.4, 0.5) is 0 Å². The summed E-state index contributed by atoms with van der Waals surface area (Å²) in [5, 5.41) is 3.56. The van der Waals surface area contributed by atoms with Gasteiger partial charge in [0.05, 0.1) is 17.5 Å². The van der Waals surface area contributed by atoms with Crippen LogP contribution in [-0.4, -0.2) is 24.0 Å². The van der Waals surface area contributed by atoms with Crippen LogP contribution in [0.15, 0.2) is 42.6 Å². The number of benzene rings is 1. The van der Waals surface area contributed by atoms with Crippen LogP contribution in [0, 0.1) is 5.92 Å². The third-order valence-electron chi connectivity index (χ3n) is 3.55. The minimum absolute atomic E-state index is 0. The molecular formula is C17H21Cl4N3O2. The maximum absolute atomic E-state index is 12.2. The molecule has 1 aromatic carbocycles. The Morgan fingerprint density at radius 3 is 2.54 bits per heavy atom. The maximum Gasteiger partial charge on any atom is 0.232 e. The van der Waals surface area contributed by atoms with Gasteiger partial charge in [-0.2, -0.15) is 0 Å². The fourth-order valence-electron chi connectivity index (χ4n) is 2.12. The lowest BCUT2D eigenvalue weighted by atomic mass is 9.95. The number of nitrogens with one attached hydrogen (secondary N) is 1. The first-order valence-corrected chi connectivity index (χ1v) is 8.26. The molecule has 0 radical (unpaired) electrons. The van der Waals surface area contributed by atoms with Crippen molar-refractivity contribution in [3.05, 3.63) is 58.2 Å². The number of carbonyl (C=O) groups is 1. The van der Waals surface area contributed by atoms with Crippen LogP contribution in [0.5, 0.6) is 5.88 Å². The van der Waals surface area contributed by atoms with Crippen molar-refractivity contribution in [1.29, 1.82) is 0 Å². The quantitative estimate of drug-likeness (QED) is 0.636. The first-order valence-electron chi connectivity index (χ1n) is 7.51. The zero-order valence-electron chi connectivity index (χ0n) is 14.0. The molecule has 2 rings (SSSR count). The average molecular weight is 441 g/mol. The lowest BCUT2D eigenvalue weighted by Crippen LogP contribution is -2.37. The monoisotopic (exact) mass is 439 g/mol. The summed E-state index contributed by atoms with van der Waals surface area (Å²) in [7, 11) is 0. The van der Waals surface area contributed by atoms with Gasteiger partial charge in [-0.1, -0.05) is 60.5 Å². The molecule has 0 aliphatic heterocycles. The number of ether oxygens (including phenoxy) is 1. The van der Waals surface area contributed by atoms with Crippen LogP contribution < -0.4 is 15.8 Å². The number of hydrogen-bond donors (Lipinski definition) is 2. The Balaban J connectivity index is 0.00000312. The van der Waals surface area contributed by atoms with Crippen LogP contribution in [0.25, 0.3) is 0 Å². The highest BCUT2D eigenvalue weighted by Crippen LogP contribution is 2.24. The summed E-state index contributed by atoms with van der Waals surface area (Å²) in [6, 6.07) is 10.7. The van der Waals surface area contributed by atoms with E-state index < -0.39 is 0 Å². The molecule has 1 amide bonds. The van der Waals surface area contributed by atoms with Crippen molar-refractivity contribution in [1.82, 2.24) is 10.3 Å². The molecule has 9 heteroatoms. The molecule has 0 aliphatic carbocycles. The van der Waals surface area contributed by atoms with Crippen molar-refractivity contribution in [2.45, 2.75) is 13.0 Å². The third kappa shape index (κ3) is 7.17. The summed E-state index contributed by atoms with van der Waals surface area (Å²) in [4.78, 5) is 16.2. The number of rotatable bonds is 7. The zero-order chi connectivity index (χ0) is 17.5. The molecule has 2 aromatic rings. The van der Waals surface area contributed by atoms with E-state index in [2.05, 4.69) is 10.3 Å². The van der Waals surface area contributed by atoms with E-state index in [-0.39, 0.29) is 55.2 Å². The van der Waals surface area contributed by atoms with Gasteiger partial charge in [0, 0.05) is 12.2 Å². The number of nitrogens with two attached hydrogens (primary N) is 1. The van der Waals surface area contributed by atoms with Crippen molar-refractivity contribution in [3.8, 4) is 5.88 Å². The lowest BCUT2D eigenvalue weighted by molar-refractivity contribution is -0.125. The Bertz CT molecular complexity index is 689. The topological polar surface area (TPSA) is 77.2 Å². The van der Waals surface area contributed by atoms with Gasteiger partial charge in [-0.05, 0) is 11.6 Å². The fourth-order valence-corrected chi connectivity index (χ4v) is 2.55. The van der Waals surface area contributed by atoms with Crippen molar-refractivity contribution in [2.24, 2.45) is 11.7 Å². The van der Waals surface area contributed by atoms with Gasteiger partial charge in [-0.15, -0.1) is 24.8 Å². The molecule has 1 heterocycles. The van der Waals surface area contributed by atoms with Gasteiger partial charge in [-0.3, -0.25) is 4.79 Å². The average Bonchev–Trinajstić information content (AvgIpc) is 2.59. The normalized spacial score (nSPS) is 12.2. The van der Waals surface area contributed by atoms with Crippen LogP contribution in [-0.2, 0) is 4.79 Å². The Labute approximate surface area is 175 Å². The van der Waals surface area contributed by atoms with E-state index >= 15 is 0 Å². The van der Waals surface area contributed by atoms with Crippen molar-refractivity contribution in [2.75, 3.05) is 13.2 Å². The Kier molecular flexibility index (Phi) is 11.6. The Morgan fingerprint density at radius 1 is 1.27 bits per heavy atom. The second-order valence-corrected chi connectivity index (χ2v) is 6.15. The molecule has 3 N–H and O–H groups in total. The van der Waals surface area contributed by atoms with E-state index in [1.165, 1.54) is 6.20 Å². The number of pyridine rings is 1. The second kappa shape index (κ2) is 12.2. The number of aromatic nitrogens is 1. The third-order valence-corrected chi connectivity index (χ3v) is 4.03. The maximum atomic E-state index is 12.2. The molecule has 0 saturated heterocycles. The first kappa shape index (κ1) is 24.8. The molecular weight excluding hydrogens is 420 g/mol. The van der Waals surface area contributed by atoms with Gasteiger partial charge in [0.15, 0.2) is 0 Å².